The Morgan fingerprint density at radius 1 is 0.750 bits per heavy atom. The van der Waals surface area contributed by atoms with Crippen molar-refractivity contribution in [2.24, 2.45) is 0 Å². The third-order valence-electron chi connectivity index (χ3n) is 5.12. The average molecular weight is 370 g/mol. The van der Waals surface area contributed by atoms with Crippen LogP contribution in [0, 0.1) is 0 Å². The van der Waals surface area contributed by atoms with Gasteiger partial charge >= 0.3 is 0 Å². The zero-order valence-corrected chi connectivity index (χ0v) is 16.5. The summed E-state index contributed by atoms with van der Waals surface area (Å²) in [5, 5.41) is 0. The van der Waals surface area contributed by atoms with E-state index in [4.69, 9.17) is 4.74 Å². The Bertz CT molecular complexity index is 903. The molecule has 0 bridgehead atoms. The molecule has 2 heteroatoms. The molecular formula is C26H27NO. The number of ether oxygens (including phenoxy) is 1. The van der Waals surface area contributed by atoms with Gasteiger partial charge in [0.2, 0.25) is 0 Å². The molecule has 3 aromatic carbocycles. The van der Waals surface area contributed by atoms with Crippen LogP contribution in [0.2, 0.25) is 0 Å². The maximum Gasteiger partial charge on any atom is 0.116 e. The van der Waals surface area contributed by atoms with Crippen LogP contribution in [0.4, 0.5) is 0 Å². The first kappa shape index (κ1) is 18.5. The second-order valence-electron chi connectivity index (χ2n) is 7.56. The predicted molar refractivity (Wildman–Crippen MR) is 115 cm³/mol. The van der Waals surface area contributed by atoms with Crippen LogP contribution in [0.3, 0.4) is 0 Å². The van der Waals surface area contributed by atoms with Crippen molar-refractivity contribution in [3.05, 3.63) is 120 Å². The molecule has 0 N–H and O–H groups in total. The molecule has 2 atom stereocenters. The topological polar surface area (TPSA) is 12.5 Å². The van der Waals surface area contributed by atoms with Crippen molar-refractivity contribution in [3.63, 3.8) is 0 Å². The molecule has 0 saturated carbocycles. The van der Waals surface area contributed by atoms with Crippen LogP contribution >= 0.6 is 0 Å². The molecule has 1 aliphatic heterocycles. The molecule has 0 amide bonds. The van der Waals surface area contributed by atoms with E-state index < -0.39 is 0 Å². The molecule has 2 unspecified atom stereocenters. The molecular weight excluding hydrogens is 342 g/mol. The van der Waals surface area contributed by atoms with Crippen LogP contribution in [0.1, 0.15) is 42.6 Å². The summed E-state index contributed by atoms with van der Waals surface area (Å²) in [5.41, 5.74) is 3.87. The largest absolute Gasteiger partial charge is 0.494 e. The zero-order chi connectivity index (χ0) is 19.3. The van der Waals surface area contributed by atoms with E-state index in [0.717, 1.165) is 12.3 Å². The first-order chi connectivity index (χ1) is 13.7. The van der Waals surface area contributed by atoms with Gasteiger partial charge in [0, 0.05) is 6.54 Å². The SMILES string of the molecule is CC(C)OC1=CC(c2ccccc2)N(Cc2ccccc2)C1c1ccccc1. The van der Waals surface area contributed by atoms with Gasteiger partial charge in [0.05, 0.1) is 18.2 Å². The summed E-state index contributed by atoms with van der Waals surface area (Å²) in [4.78, 5) is 2.54. The van der Waals surface area contributed by atoms with Crippen molar-refractivity contribution in [2.45, 2.75) is 38.6 Å². The van der Waals surface area contributed by atoms with Gasteiger partial charge in [0.25, 0.3) is 0 Å². The van der Waals surface area contributed by atoms with Crippen molar-refractivity contribution in [1.29, 1.82) is 0 Å². The Kier molecular flexibility index (Phi) is 5.59. The van der Waals surface area contributed by atoms with Gasteiger partial charge in [-0.2, -0.15) is 0 Å². The molecule has 1 aliphatic rings. The molecule has 142 valence electrons. The van der Waals surface area contributed by atoms with Crippen molar-refractivity contribution in [1.82, 2.24) is 4.90 Å². The lowest BCUT2D eigenvalue weighted by Crippen LogP contribution is -2.28. The highest BCUT2D eigenvalue weighted by Crippen LogP contribution is 2.45. The van der Waals surface area contributed by atoms with Crippen molar-refractivity contribution >= 4 is 0 Å². The number of nitrogens with zero attached hydrogens (tertiary/aromatic N) is 1. The molecule has 0 radical (unpaired) electrons. The highest BCUT2D eigenvalue weighted by molar-refractivity contribution is 5.36. The number of benzene rings is 3. The minimum absolute atomic E-state index is 0.106. The molecule has 0 aliphatic carbocycles. The average Bonchev–Trinajstić information content (AvgIpc) is 3.07. The number of hydrogen-bond acceptors (Lipinski definition) is 2. The van der Waals surface area contributed by atoms with Crippen molar-refractivity contribution in [3.8, 4) is 0 Å². The van der Waals surface area contributed by atoms with E-state index >= 15 is 0 Å². The Balaban J connectivity index is 1.77. The van der Waals surface area contributed by atoms with E-state index in [9.17, 15) is 0 Å². The van der Waals surface area contributed by atoms with Gasteiger partial charge in [-0.1, -0.05) is 91.0 Å². The molecule has 0 saturated heterocycles. The van der Waals surface area contributed by atoms with Gasteiger partial charge in [0.1, 0.15) is 5.76 Å². The van der Waals surface area contributed by atoms with E-state index in [1.165, 1.54) is 16.7 Å². The van der Waals surface area contributed by atoms with Crippen LogP contribution in [-0.4, -0.2) is 11.0 Å². The molecule has 2 nitrogen and oxygen atoms in total. The van der Waals surface area contributed by atoms with Crippen LogP contribution in [0.15, 0.2) is 103 Å². The summed E-state index contributed by atoms with van der Waals surface area (Å²) in [6.07, 6.45) is 2.45. The molecule has 4 rings (SSSR count). The number of rotatable bonds is 6. The maximum absolute atomic E-state index is 6.32. The molecule has 3 aromatic rings. The third-order valence-corrected chi connectivity index (χ3v) is 5.12. The lowest BCUT2D eigenvalue weighted by atomic mass is 10.0. The fourth-order valence-corrected chi connectivity index (χ4v) is 3.96. The van der Waals surface area contributed by atoms with Crippen molar-refractivity contribution < 1.29 is 4.74 Å². The first-order valence-electron chi connectivity index (χ1n) is 10.0. The van der Waals surface area contributed by atoms with E-state index in [0.29, 0.717) is 0 Å². The van der Waals surface area contributed by atoms with Gasteiger partial charge in [-0.05, 0) is 36.6 Å². The van der Waals surface area contributed by atoms with Crippen molar-refractivity contribution in [2.75, 3.05) is 0 Å². The lowest BCUT2D eigenvalue weighted by Gasteiger charge is -2.32. The fourth-order valence-electron chi connectivity index (χ4n) is 3.96. The summed E-state index contributed by atoms with van der Waals surface area (Å²) >= 11 is 0. The van der Waals surface area contributed by atoms with Gasteiger partial charge in [0.15, 0.2) is 0 Å². The summed E-state index contributed by atoms with van der Waals surface area (Å²) in [5.74, 6) is 1.05. The monoisotopic (exact) mass is 369 g/mol. The Morgan fingerprint density at radius 2 is 1.29 bits per heavy atom. The minimum Gasteiger partial charge on any atom is -0.494 e. The molecule has 0 fully saturated rings. The molecule has 28 heavy (non-hydrogen) atoms. The summed E-state index contributed by atoms with van der Waals surface area (Å²) in [6.45, 7) is 5.06. The summed E-state index contributed by atoms with van der Waals surface area (Å²) in [7, 11) is 0. The van der Waals surface area contributed by atoms with Crippen LogP contribution in [0.5, 0.6) is 0 Å². The Hall–Kier alpha value is -2.84. The summed E-state index contributed by atoms with van der Waals surface area (Å²) in [6, 6.07) is 32.4. The summed E-state index contributed by atoms with van der Waals surface area (Å²) < 4.78 is 6.32. The van der Waals surface area contributed by atoms with E-state index in [-0.39, 0.29) is 18.2 Å². The number of hydrogen-bond donors (Lipinski definition) is 0. The van der Waals surface area contributed by atoms with E-state index in [1.54, 1.807) is 0 Å². The second-order valence-corrected chi connectivity index (χ2v) is 7.56. The van der Waals surface area contributed by atoms with Gasteiger partial charge in [-0.25, -0.2) is 0 Å². The van der Waals surface area contributed by atoms with Gasteiger partial charge < -0.3 is 4.74 Å². The molecule has 0 spiro atoms. The van der Waals surface area contributed by atoms with Crippen LogP contribution in [-0.2, 0) is 11.3 Å². The Labute approximate surface area is 168 Å². The molecule has 1 heterocycles. The third kappa shape index (κ3) is 4.02. The fraction of sp³-hybridized carbons (Fsp3) is 0.231. The van der Waals surface area contributed by atoms with Gasteiger partial charge in [-0.15, -0.1) is 0 Å². The predicted octanol–water partition coefficient (Wildman–Crippen LogP) is 6.29. The minimum atomic E-state index is 0.106. The van der Waals surface area contributed by atoms with E-state index in [1.807, 2.05) is 0 Å². The second kappa shape index (κ2) is 8.45. The normalized spacial score (nSPS) is 19.6. The first-order valence-corrected chi connectivity index (χ1v) is 10.0. The van der Waals surface area contributed by atoms with E-state index in [2.05, 4.69) is 116 Å². The highest BCUT2D eigenvalue weighted by atomic mass is 16.5. The van der Waals surface area contributed by atoms with Crippen LogP contribution in [0.25, 0.3) is 0 Å². The quantitative estimate of drug-likeness (QED) is 0.506. The lowest BCUT2D eigenvalue weighted by molar-refractivity contribution is 0.0960. The molecule has 0 aromatic heterocycles. The standard InChI is InChI=1S/C26H27NO/c1-20(2)28-25-18-24(22-14-8-4-9-15-22)27(19-21-12-6-3-7-13-21)26(25)23-16-10-5-11-17-23/h3-18,20,24,26H,19H2,1-2H3. The zero-order valence-electron chi connectivity index (χ0n) is 16.5. The van der Waals surface area contributed by atoms with Gasteiger partial charge in [-0.3, -0.25) is 4.90 Å². The van der Waals surface area contributed by atoms with Crippen LogP contribution < -0.4 is 0 Å². The Morgan fingerprint density at radius 3 is 1.86 bits per heavy atom. The maximum atomic E-state index is 6.32. The highest BCUT2D eigenvalue weighted by Gasteiger charge is 2.38. The smallest absolute Gasteiger partial charge is 0.116 e.